The summed E-state index contributed by atoms with van der Waals surface area (Å²) in [4.78, 5) is 20.7. The Balaban J connectivity index is 3.80. The van der Waals surface area contributed by atoms with Gasteiger partial charge in [-0.2, -0.15) is 0 Å². The van der Waals surface area contributed by atoms with Crippen LogP contribution < -0.4 is 5.73 Å². The van der Waals surface area contributed by atoms with E-state index < -0.39 is 19.9 Å². The van der Waals surface area contributed by atoms with E-state index in [4.69, 9.17) is 19.7 Å². The maximum atomic E-state index is 11.7. The first-order chi connectivity index (χ1) is 15.4. The van der Waals surface area contributed by atoms with Crippen molar-refractivity contribution in [1.82, 2.24) is 0 Å². The molecule has 0 aromatic rings. The van der Waals surface area contributed by atoms with Crippen molar-refractivity contribution in [2.24, 2.45) is 5.73 Å². The first-order valence-electron chi connectivity index (χ1n) is 11.4. The molecule has 186 valence electrons. The van der Waals surface area contributed by atoms with Crippen molar-refractivity contribution < 1.29 is 32.8 Å². The van der Waals surface area contributed by atoms with Gasteiger partial charge < -0.3 is 20.1 Å². The van der Waals surface area contributed by atoms with Gasteiger partial charge in [0.1, 0.15) is 6.10 Å². The molecule has 32 heavy (non-hydrogen) atoms. The van der Waals surface area contributed by atoms with Gasteiger partial charge in [0.25, 0.3) is 0 Å². The maximum absolute atomic E-state index is 11.7. The number of rotatable bonds is 21. The van der Waals surface area contributed by atoms with E-state index in [1.165, 1.54) is 6.92 Å². The molecular weight excluding hydrogens is 433 g/mol. The summed E-state index contributed by atoms with van der Waals surface area (Å²) in [6.45, 7) is 3.68. The largest absolute Gasteiger partial charge is 0.472 e. The van der Waals surface area contributed by atoms with Crippen LogP contribution in [0, 0.1) is 0 Å². The predicted molar refractivity (Wildman–Crippen MR) is 127 cm³/mol. The second kappa shape index (κ2) is 21.6. The summed E-state index contributed by atoms with van der Waals surface area (Å²) < 4.78 is 31.7. The quantitative estimate of drug-likeness (QED) is 0.105. The van der Waals surface area contributed by atoms with Crippen molar-refractivity contribution in [2.75, 3.05) is 33.0 Å². The third-order valence-electron chi connectivity index (χ3n) is 4.12. The number of hydrogen-bond donors (Lipinski definition) is 2. The van der Waals surface area contributed by atoms with Gasteiger partial charge in [-0.3, -0.25) is 13.8 Å². The number of carbonyl (C=O) groups excluding carboxylic acids is 1. The molecule has 9 heteroatoms. The minimum Gasteiger partial charge on any atom is -0.458 e. The lowest BCUT2D eigenvalue weighted by Gasteiger charge is -2.19. The fourth-order valence-corrected chi connectivity index (χ4v) is 3.36. The smallest absolute Gasteiger partial charge is 0.458 e. The van der Waals surface area contributed by atoms with E-state index in [0.717, 1.165) is 51.4 Å². The van der Waals surface area contributed by atoms with Gasteiger partial charge in [0.15, 0.2) is 0 Å². The number of unbranched alkanes of at least 4 members (excludes halogenated alkanes) is 4. The lowest BCUT2D eigenvalue weighted by Crippen LogP contribution is -2.27. The monoisotopic (exact) mass is 475 g/mol. The average molecular weight is 476 g/mol. The van der Waals surface area contributed by atoms with Crippen LogP contribution in [0.1, 0.15) is 65.2 Å². The van der Waals surface area contributed by atoms with Gasteiger partial charge in [0, 0.05) is 20.1 Å². The molecule has 3 N–H and O–H groups in total. The lowest BCUT2D eigenvalue weighted by molar-refractivity contribution is -0.151. The van der Waals surface area contributed by atoms with Crippen molar-refractivity contribution >= 4 is 13.8 Å². The molecule has 0 aliphatic heterocycles. The molecule has 0 radical (unpaired) electrons. The zero-order valence-electron chi connectivity index (χ0n) is 19.7. The van der Waals surface area contributed by atoms with Crippen LogP contribution in [0.25, 0.3) is 0 Å². The number of phosphoric ester groups is 1. The molecule has 0 aliphatic rings. The normalized spacial score (nSPS) is 15.0. The molecule has 8 nitrogen and oxygen atoms in total. The topological polar surface area (TPSA) is 117 Å². The highest BCUT2D eigenvalue weighted by molar-refractivity contribution is 7.47. The molecule has 0 aromatic carbocycles. The van der Waals surface area contributed by atoms with Gasteiger partial charge in [-0.25, -0.2) is 4.57 Å². The molecule has 2 unspecified atom stereocenters. The number of allylic oxidation sites excluding steroid dienone is 6. The maximum Gasteiger partial charge on any atom is 0.472 e. The molecular formula is C23H42NO7P. The minimum absolute atomic E-state index is 0.0843. The van der Waals surface area contributed by atoms with E-state index in [0.29, 0.717) is 6.61 Å². The summed E-state index contributed by atoms with van der Waals surface area (Å²) in [5, 5.41) is 0. The molecule has 0 saturated carbocycles. The van der Waals surface area contributed by atoms with Crippen molar-refractivity contribution in [3.05, 3.63) is 36.5 Å². The zero-order valence-corrected chi connectivity index (χ0v) is 20.5. The Morgan fingerprint density at radius 2 is 1.59 bits per heavy atom. The molecule has 0 rings (SSSR count). The van der Waals surface area contributed by atoms with Gasteiger partial charge >= 0.3 is 13.8 Å². The van der Waals surface area contributed by atoms with Crippen LogP contribution in [0.3, 0.4) is 0 Å². The number of esters is 1. The van der Waals surface area contributed by atoms with Crippen LogP contribution in [-0.2, 0) is 27.9 Å². The van der Waals surface area contributed by atoms with Crippen LogP contribution in [0.15, 0.2) is 36.5 Å². The predicted octanol–water partition coefficient (Wildman–Crippen LogP) is 4.84. The number of ether oxygens (including phenoxy) is 2. The highest BCUT2D eigenvalue weighted by Crippen LogP contribution is 2.42. The fraction of sp³-hybridized carbons (Fsp3) is 0.696. The second-order valence-electron chi connectivity index (χ2n) is 7.19. The Kier molecular flexibility index (Phi) is 20.7. The third kappa shape index (κ3) is 21.9. The second-order valence-corrected chi connectivity index (χ2v) is 8.64. The summed E-state index contributed by atoms with van der Waals surface area (Å²) in [5.74, 6) is -0.519. The van der Waals surface area contributed by atoms with Crippen molar-refractivity contribution in [1.29, 1.82) is 0 Å². The van der Waals surface area contributed by atoms with Crippen LogP contribution in [0.4, 0.5) is 0 Å². The average Bonchev–Trinajstić information content (AvgIpc) is 2.75. The van der Waals surface area contributed by atoms with Gasteiger partial charge in [0.2, 0.25) is 0 Å². The van der Waals surface area contributed by atoms with E-state index in [-0.39, 0.29) is 26.4 Å². The van der Waals surface area contributed by atoms with E-state index in [1.54, 1.807) is 0 Å². The molecule has 2 atom stereocenters. The Morgan fingerprint density at radius 3 is 2.25 bits per heavy atom. The van der Waals surface area contributed by atoms with Gasteiger partial charge in [0.05, 0.1) is 19.8 Å². The first-order valence-corrected chi connectivity index (χ1v) is 12.9. The molecule has 0 aromatic heterocycles. The van der Waals surface area contributed by atoms with Crippen LogP contribution in [0.5, 0.6) is 0 Å². The summed E-state index contributed by atoms with van der Waals surface area (Å²) in [7, 11) is -4.22. The third-order valence-corrected chi connectivity index (χ3v) is 5.11. The van der Waals surface area contributed by atoms with E-state index in [2.05, 4.69) is 47.9 Å². The SMILES string of the molecule is CC/C=C\C/C=C\C/C=C\CCCCCCOCC(COP(=O)(O)OCCN)OC(C)=O. The van der Waals surface area contributed by atoms with Crippen LogP contribution in [0.2, 0.25) is 0 Å². The summed E-state index contributed by atoms with van der Waals surface area (Å²) in [6.07, 6.45) is 20.7. The molecule has 0 spiro atoms. The fourth-order valence-electron chi connectivity index (χ4n) is 2.59. The molecule has 0 bridgehead atoms. The highest BCUT2D eigenvalue weighted by Gasteiger charge is 2.24. The van der Waals surface area contributed by atoms with Crippen LogP contribution in [-0.4, -0.2) is 49.9 Å². The first kappa shape index (κ1) is 30.7. The minimum atomic E-state index is -4.22. The molecule has 0 heterocycles. The lowest BCUT2D eigenvalue weighted by atomic mass is 10.1. The summed E-state index contributed by atoms with van der Waals surface area (Å²) in [5.41, 5.74) is 5.22. The molecule has 0 aliphatic carbocycles. The van der Waals surface area contributed by atoms with Crippen LogP contribution >= 0.6 is 7.82 Å². The molecule has 0 fully saturated rings. The van der Waals surface area contributed by atoms with Gasteiger partial charge in [-0.15, -0.1) is 0 Å². The number of nitrogens with two attached hydrogens (primary N) is 1. The highest BCUT2D eigenvalue weighted by atomic mass is 31.2. The summed E-state index contributed by atoms with van der Waals surface area (Å²) in [6, 6.07) is 0. The Bertz CT molecular complexity index is 593. The van der Waals surface area contributed by atoms with Crippen molar-refractivity contribution in [2.45, 2.75) is 71.3 Å². The Labute approximate surface area is 193 Å². The molecule has 0 amide bonds. The number of phosphoric acid groups is 1. The van der Waals surface area contributed by atoms with E-state index in [1.807, 2.05) is 0 Å². The Morgan fingerprint density at radius 1 is 0.938 bits per heavy atom. The number of carbonyl (C=O) groups is 1. The summed E-state index contributed by atoms with van der Waals surface area (Å²) >= 11 is 0. The van der Waals surface area contributed by atoms with Gasteiger partial charge in [-0.05, 0) is 38.5 Å². The number of hydrogen-bond acceptors (Lipinski definition) is 7. The Hall–Kier alpha value is -1.28. The van der Waals surface area contributed by atoms with Gasteiger partial charge in [-0.1, -0.05) is 56.2 Å². The standard InChI is InChI=1S/C23H42NO7P/c1-3-4-5-6-7-8-9-10-11-12-13-14-15-16-18-28-20-23(31-22(2)25)21-30-32(26,27)29-19-17-24/h4-5,7-8,10-11,23H,3,6,9,12-21,24H2,1-2H3,(H,26,27)/b5-4-,8-7-,11-10-. The van der Waals surface area contributed by atoms with Crippen molar-refractivity contribution in [3.8, 4) is 0 Å². The molecule has 0 saturated heterocycles. The van der Waals surface area contributed by atoms with E-state index in [9.17, 15) is 14.3 Å². The van der Waals surface area contributed by atoms with E-state index >= 15 is 0 Å². The van der Waals surface area contributed by atoms with Crippen molar-refractivity contribution in [3.63, 3.8) is 0 Å². The zero-order chi connectivity index (χ0) is 23.9.